The molecule has 230 valence electrons. The average molecular weight is 599 g/mol. The third-order valence-corrected chi connectivity index (χ3v) is 8.39. The van der Waals surface area contributed by atoms with Crippen LogP contribution in [0.4, 0.5) is 0 Å². The van der Waals surface area contributed by atoms with Gasteiger partial charge >= 0.3 is 23.6 Å². The third kappa shape index (κ3) is 7.55. The summed E-state index contributed by atoms with van der Waals surface area (Å²) in [5, 5.41) is 22.0. The minimum absolute atomic E-state index is 0.156. The van der Waals surface area contributed by atoms with Crippen molar-refractivity contribution in [2.75, 3.05) is 26.2 Å². The van der Waals surface area contributed by atoms with E-state index in [0.717, 1.165) is 16.7 Å². The van der Waals surface area contributed by atoms with Crippen LogP contribution in [0, 0.1) is 0 Å². The maximum Gasteiger partial charge on any atom is 0.312 e. The number of nitrogens with one attached hydrogen (secondary N) is 1. The van der Waals surface area contributed by atoms with Crippen molar-refractivity contribution in [1.82, 2.24) is 20.0 Å². The van der Waals surface area contributed by atoms with Crippen LogP contribution in [0.3, 0.4) is 0 Å². The summed E-state index contributed by atoms with van der Waals surface area (Å²) < 4.78 is 0. The molecule has 0 radical (unpaired) electrons. The van der Waals surface area contributed by atoms with Crippen molar-refractivity contribution in [3.05, 3.63) is 95.6 Å². The van der Waals surface area contributed by atoms with Gasteiger partial charge in [0.2, 0.25) is 0 Å². The Morgan fingerprint density at radius 1 is 0.659 bits per heavy atom. The molecule has 3 aromatic rings. The Hall–Kier alpha value is -4.86. The number of aromatic hydroxyl groups is 2. The number of unbranched alkanes of at least 4 members (excludes halogenated alkanes) is 1. The quantitative estimate of drug-likeness (QED) is 0.217. The van der Waals surface area contributed by atoms with Gasteiger partial charge in [0.25, 0.3) is 0 Å². The number of nitrogens with zero attached hydrogens (tertiary/aromatic N) is 3. The zero-order valence-electron chi connectivity index (χ0n) is 24.6. The molecule has 10 nitrogen and oxygen atoms in total. The van der Waals surface area contributed by atoms with Crippen LogP contribution >= 0.6 is 0 Å². The molecule has 0 unspecified atom stereocenters. The second kappa shape index (κ2) is 14.1. The predicted octanol–water partition coefficient (Wildman–Crippen LogP) is 2.62. The predicted molar refractivity (Wildman–Crippen MR) is 163 cm³/mol. The lowest BCUT2D eigenvalue weighted by atomic mass is 9.99. The Bertz CT molecular complexity index is 1460. The number of phenols is 2. The van der Waals surface area contributed by atoms with Crippen molar-refractivity contribution in [3.8, 4) is 11.5 Å². The van der Waals surface area contributed by atoms with E-state index in [4.69, 9.17) is 0 Å². The van der Waals surface area contributed by atoms with Crippen molar-refractivity contribution in [3.63, 3.8) is 0 Å². The maximum atomic E-state index is 13.4. The molecular weight excluding hydrogens is 560 g/mol. The fourth-order valence-corrected chi connectivity index (χ4v) is 5.94. The SMILES string of the molecule is O=C1NC[C@H](CCCCN2C[C@H](Cc3ccc(O)cc3)N(CCc3ccc(O)cc3)C(=O)C2=O)N(Cc2ccccc2)C1=O. The molecule has 2 aliphatic heterocycles. The van der Waals surface area contributed by atoms with Crippen LogP contribution in [0.2, 0.25) is 0 Å². The van der Waals surface area contributed by atoms with Crippen LogP contribution in [0.15, 0.2) is 78.9 Å². The molecule has 2 aliphatic rings. The Labute approximate surface area is 256 Å². The van der Waals surface area contributed by atoms with E-state index in [2.05, 4.69) is 5.32 Å². The zero-order chi connectivity index (χ0) is 31.1. The van der Waals surface area contributed by atoms with Gasteiger partial charge in [-0.05, 0) is 73.1 Å². The summed E-state index contributed by atoms with van der Waals surface area (Å²) in [4.78, 5) is 56.3. The lowest BCUT2D eigenvalue weighted by Gasteiger charge is -2.41. The first-order chi connectivity index (χ1) is 21.3. The fourth-order valence-electron chi connectivity index (χ4n) is 5.94. The molecule has 0 saturated carbocycles. The minimum atomic E-state index is -0.593. The van der Waals surface area contributed by atoms with Gasteiger partial charge < -0.3 is 30.2 Å². The molecule has 0 aliphatic carbocycles. The van der Waals surface area contributed by atoms with E-state index in [1.54, 1.807) is 51.1 Å². The van der Waals surface area contributed by atoms with Crippen molar-refractivity contribution in [1.29, 1.82) is 0 Å². The van der Waals surface area contributed by atoms with Crippen molar-refractivity contribution in [2.24, 2.45) is 0 Å². The van der Waals surface area contributed by atoms with Gasteiger partial charge in [-0.25, -0.2) is 0 Å². The van der Waals surface area contributed by atoms with E-state index in [1.807, 2.05) is 42.5 Å². The van der Waals surface area contributed by atoms with Crippen molar-refractivity contribution in [2.45, 2.75) is 50.7 Å². The smallest absolute Gasteiger partial charge is 0.312 e. The molecular formula is C34H38N4O6. The number of amides is 4. The molecule has 3 N–H and O–H groups in total. The number of hydrogen-bond donors (Lipinski definition) is 3. The van der Waals surface area contributed by atoms with Gasteiger partial charge in [-0.3, -0.25) is 19.2 Å². The van der Waals surface area contributed by atoms with Gasteiger partial charge in [0.1, 0.15) is 11.5 Å². The Kier molecular flexibility index (Phi) is 9.79. The van der Waals surface area contributed by atoms with Crippen molar-refractivity contribution >= 4 is 23.6 Å². The molecule has 0 aromatic heterocycles. The molecule has 0 spiro atoms. The summed E-state index contributed by atoms with van der Waals surface area (Å²) in [6.45, 7) is 1.90. The summed E-state index contributed by atoms with van der Waals surface area (Å²) in [6.07, 6.45) is 3.09. The van der Waals surface area contributed by atoms with E-state index in [-0.39, 0.29) is 23.6 Å². The van der Waals surface area contributed by atoms with E-state index < -0.39 is 23.6 Å². The molecule has 44 heavy (non-hydrogen) atoms. The highest BCUT2D eigenvalue weighted by Gasteiger charge is 2.39. The van der Waals surface area contributed by atoms with Crippen LogP contribution in [0.5, 0.6) is 11.5 Å². The van der Waals surface area contributed by atoms with Gasteiger partial charge in [0, 0.05) is 38.8 Å². The molecule has 3 aromatic carbocycles. The van der Waals surface area contributed by atoms with E-state index in [0.29, 0.717) is 64.8 Å². The molecule has 2 saturated heterocycles. The number of phenolic OH excluding ortho intramolecular Hbond substituents is 2. The highest BCUT2D eigenvalue weighted by Crippen LogP contribution is 2.22. The standard InChI is InChI=1S/C34H38N4O6/c39-29-13-9-24(10-14-29)17-19-37-28(20-25-11-15-30(40)16-12-25)23-36(33(43)34(37)44)18-5-4-8-27-21-35-31(41)32(42)38(27)22-26-6-2-1-3-7-26/h1-3,6-7,9-16,27-28,39-40H,4-5,8,17-23H2,(H,35,41)/t27-,28-/m0/s1. The lowest BCUT2D eigenvalue weighted by Crippen LogP contribution is -2.60. The topological polar surface area (TPSA) is 130 Å². The highest BCUT2D eigenvalue weighted by atomic mass is 16.3. The lowest BCUT2D eigenvalue weighted by molar-refractivity contribution is -0.159. The van der Waals surface area contributed by atoms with Gasteiger partial charge in [0.15, 0.2) is 0 Å². The molecule has 2 fully saturated rings. The molecule has 0 bridgehead atoms. The number of carbonyl (C=O) groups excluding carboxylic acids is 4. The van der Waals surface area contributed by atoms with Gasteiger partial charge in [-0.15, -0.1) is 0 Å². The molecule has 5 rings (SSSR count). The Balaban J connectivity index is 1.21. The first-order valence-electron chi connectivity index (χ1n) is 15.1. The third-order valence-electron chi connectivity index (χ3n) is 8.39. The maximum absolute atomic E-state index is 13.4. The number of hydrogen-bond acceptors (Lipinski definition) is 6. The zero-order valence-corrected chi connectivity index (χ0v) is 24.6. The van der Waals surface area contributed by atoms with Gasteiger partial charge in [0.05, 0.1) is 6.04 Å². The number of piperazine rings is 2. The second-order valence-electron chi connectivity index (χ2n) is 11.5. The van der Waals surface area contributed by atoms with Crippen molar-refractivity contribution < 1.29 is 29.4 Å². The van der Waals surface area contributed by atoms with E-state index in [9.17, 15) is 29.4 Å². The van der Waals surface area contributed by atoms with Crippen LogP contribution in [-0.2, 0) is 38.6 Å². The van der Waals surface area contributed by atoms with Gasteiger partial charge in [-0.2, -0.15) is 0 Å². The second-order valence-corrected chi connectivity index (χ2v) is 11.5. The largest absolute Gasteiger partial charge is 0.508 e. The first kappa shape index (κ1) is 30.6. The first-order valence-corrected chi connectivity index (χ1v) is 15.1. The van der Waals surface area contributed by atoms with Crippen LogP contribution in [0.1, 0.15) is 36.0 Å². The normalized spacial score (nSPS) is 19.0. The minimum Gasteiger partial charge on any atom is -0.508 e. The highest BCUT2D eigenvalue weighted by molar-refractivity contribution is 6.36. The summed E-state index contributed by atoms with van der Waals surface area (Å²) in [5.74, 6) is -1.86. The number of carbonyl (C=O) groups is 4. The Morgan fingerprint density at radius 2 is 1.32 bits per heavy atom. The molecule has 10 heteroatoms. The summed E-state index contributed by atoms with van der Waals surface area (Å²) in [6, 6.07) is 22.9. The molecule has 2 atom stereocenters. The van der Waals surface area contributed by atoms with E-state index >= 15 is 0 Å². The molecule has 4 amide bonds. The summed E-state index contributed by atoms with van der Waals surface area (Å²) >= 11 is 0. The monoisotopic (exact) mass is 598 g/mol. The number of rotatable bonds is 12. The molecule has 2 heterocycles. The Morgan fingerprint density at radius 3 is 2.00 bits per heavy atom. The summed E-state index contributed by atoms with van der Waals surface area (Å²) in [7, 11) is 0. The van der Waals surface area contributed by atoms with E-state index in [1.165, 1.54) is 0 Å². The van der Waals surface area contributed by atoms with Crippen LogP contribution in [-0.4, -0.2) is 86.8 Å². The van der Waals surface area contributed by atoms with Crippen LogP contribution in [0.25, 0.3) is 0 Å². The summed E-state index contributed by atoms with van der Waals surface area (Å²) in [5.41, 5.74) is 2.85. The number of benzene rings is 3. The fraction of sp³-hybridized carbons (Fsp3) is 0.353. The van der Waals surface area contributed by atoms with Gasteiger partial charge in [-0.1, -0.05) is 54.6 Å². The van der Waals surface area contributed by atoms with Crippen LogP contribution < -0.4 is 5.32 Å². The average Bonchev–Trinajstić information content (AvgIpc) is 3.03.